The number of hydrogen-bond acceptors (Lipinski definition) is 8. The predicted octanol–water partition coefficient (Wildman–Crippen LogP) is 0.380. The number of rotatable bonds is 8. The number of nitrogens with zero attached hydrogens (tertiary/aromatic N) is 5. The second kappa shape index (κ2) is 9.46. The third-order valence-corrected chi connectivity index (χ3v) is 7.07. The number of fused-ring (bicyclic) bond motifs is 1. The van der Waals surface area contributed by atoms with Gasteiger partial charge in [0.05, 0.1) is 6.42 Å². The van der Waals surface area contributed by atoms with Crippen LogP contribution in [0.4, 0.5) is 0 Å². The molecule has 0 radical (unpaired) electrons. The Hall–Kier alpha value is -3.30. The molecule has 1 aromatic carbocycles. The zero-order valence-electron chi connectivity index (χ0n) is 16.7. The van der Waals surface area contributed by atoms with E-state index >= 15 is 0 Å². The van der Waals surface area contributed by atoms with Crippen molar-refractivity contribution in [3.05, 3.63) is 47.2 Å². The summed E-state index contributed by atoms with van der Waals surface area (Å²) in [5.74, 6) is 1.21. The minimum absolute atomic E-state index is 0.0455. The lowest BCUT2D eigenvalue weighted by Gasteiger charge is -2.49. The molecule has 2 aliphatic rings. The number of carboxylic acids is 1. The summed E-state index contributed by atoms with van der Waals surface area (Å²) in [7, 11) is 0. The first-order valence-corrected chi connectivity index (χ1v) is 11.6. The Morgan fingerprint density at radius 3 is 2.84 bits per heavy atom. The first-order chi connectivity index (χ1) is 15.5. The van der Waals surface area contributed by atoms with E-state index in [-0.39, 0.29) is 30.3 Å². The number of carboxylic acid groups (broad SMARTS) is 1. The molecule has 1 unspecified atom stereocenters. The van der Waals surface area contributed by atoms with Crippen LogP contribution in [0.2, 0.25) is 0 Å². The van der Waals surface area contributed by atoms with Crippen molar-refractivity contribution in [2.24, 2.45) is 0 Å². The van der Waals surface area contributed by atoms with Gasteiger partial charge in [0.15, 0.2) is 0 Å². The molecule has 164 valence electrons. The van der Waals surface area contributed by atoms with Gasteiger partial charge in [0.2, 0.25) is 11.1 Å². The van der Waals surface area contributed by atoms with Gasteiger partial charge in [0.25, 0.3) is 5.91 Å². The maximum Gasteiger partial charge on any atom is 0.352 e. The Kier molecular flexibility index (Phi) is 6.48. The fraction of sp³-hybridized carbons (Fsp3) is 0.300. The van der Waals surface area contributed by atoms with Crippen LogP contribution < -0.4 is 5.32 Å². The summed E-state index contributed by atoms with van der Waals surface area (Å²) in [5, 5.41) is 24.2. The third kappa shape index (κ3) is 4.49. The topological polar surface area (TPSA) is 130 Å². The summed E-state index contributed by atoms with van der Waals surface area (Å²) < 4.78 is 0. The molecule has 32 heavy (non-hydrogen) atoms. The molecule has 2 aromatic rings. The second-order valence-corrected chi connectivity index (χ2v) is 9.02. The number of benzene rings is 1. The van der Waals surface area contributed by atoms with E-state index < -0.39 is 23.3 Å². The molecule has 4 rings (SSSR count). The normalized spacial score (nSPS) is 19.7. The average Bonchev–Trinajstić information content (AvgIpc) is 3.23. The largest absolute Gasteiger partial charge is 0.477 e. The third-order valence-electron chi connectivity index (χ3n) is 4.82. The summed E-state index contributed by atoms with van der Waals surface area (Å²) in [6, 6.07) is 8.45. The molecule has 2 aliphatic heterocycles. The molecule has 2 N–H and O–H groups in total. The van der Waals surface area contributed by atoms with Crippen LogP contribution in [0.1, 0.15) is 5.56 Å². The average molecular weight is 471 g/mol. The number of aliphatic carboxylic acids is 1. The molecule has 1 fully saturated rings. The first kappa shape index (κ1) is 21.9. The van der Waals surface area contributed by atoms with Crippen LogP contribution in [-0.4, -0.2) is 70.9 Å². The summed E-state index contributed by atoms with van der Waals surface area (Å²) in [6.07, 6.45) is 5.37. The standard InChI is InChI=1S/C20H18N6O4S2/c1-2-8-25-23-20(22-24-25)32-11-13-10-31-18-15(17(28)26(18)16(13)19(29)30)21-14(27)9-12-6-4-3-5-7-12/h1,3-7,15,18H,8-11H2,(H,21,27)(H,29,30)/t15?,18-/m0/s1. The van der Waals surface area contributed by atoms with E-state index in [1.807, 2.05) is 30.3 Å². The molecular weight excluding hydrogens is 452 g/mol. The van der Waals surface area contributed by atoms with Gasteiger partial charge in [-0.3, -0.25) is 14.5 Å². The minimum Gasteiger partial charge on any atom is -0.477 e. The number of tetrazole rings is 1. The Balaban J connectivity index is 1.41. The highest BCUT2D eigenvalue weighted by molar-refractivity contribution is 8.01. The summed E-state index contributed by atoms with van der Waals surface area (Å²) >= 11 is 2.64. The number of β-lactam (4-membered cyclic amide) rings is 1. The van der Waals surface area contributed by atoms with Gasteiger partial charge in [-0.15, -0.1) is 28.4 Å². The van der Waals surface area contributed by atoms with Crippen molar-refractivity contribution in [1.82, 2.24) is 30.4 Å². The van der Waals surface area contributed by atoms with E-state index in [1.165, 1.54) is 33.2 Å². The fourth-order valence-corrected chi connectivity index (χ4v) is 5.65. The van der Waals surface area contributed by atoms with Crippen LogP contribution >= 0.6 is 23.5 Å². The summed E-state index contributed by atoms with van der Waals surface area (Å²) in [6.45, 7) is 0.188. The van der Waals surface area contributed by atoms with Crippen LogP contribution in [0.25, 0.3) is 0 Å². The van der Waals surface area contributed by atoms with Crippen molar-refractivity contribution in [3.63, 3.8) is 0 Å². The number of carbonyl (C=O) groups is 3. The maximum absolute atomic E-state index is 12.7. The van der Waals surface area contributed by atoms with E-state index in [9.17, 15) is 19.5 Å². The Labute approximate surface area is 191 Å². The van der Waals surface area contributed by atoms with E-state index in [4.69, 9.17) is 6.42 Å². The van der Waals surface area contributed by atoms with Crippen molar-refractivity contribution in [1.29, 1.82) is 0 Å². The van der Waals surface area contributed by atoms with Crippen LogP contribution in [0, 0.1) is 12.3 Å². The number of thioether (sulfide) groups is 2. The van der Waals surface area contributed by atoms with Crippen molar-refractivity contribution in [2.75, 3.05) is 11.5 Å². The van der Waals surface area contributed by atoms with Gasteiger partial charge in [-0.25, -0.2) is 4.79 Å². The highest BCUT2D eigenvalue weighted by Crippen LogP contribution is 2.41. The van der Waals surface area contributed by atoms with E-state index in [0.717, 1.165) is 5.56 Å². The number of terminal acetylenes is 1. The summed E-state index contributed by atoms with van der Waals surface area (Å²) in [4.78, 5) is 39.6. The van der Waals surface area contributed by atoms with Crippen molar-refractivity contribution < 1.29 is 19.5 Å². The molecule has 0 saturated carbocycles. The van der Waals surface area contributed by atoms with Gasteiger partial charge in [-0.2, -0.15) is 4.80 Å². The SMILES string of the molecule is C#CCn1nnc(SCC2=C(C(=O)O)N3C(=O)C(NC(=O)Cc4ccccc4)[C@@H]3SC2)n1. The quantitative estimate of drug-likeness (QED) is 0.319. The molecular formula is C20H18N6O4S2. The Morgan fingerprint density at radius 2 is 2.12 bits per heavy atom. The Morgan fingerprint density at radius 1 is 1.34 bits per heavy atom. The van der Waals surface area contributed by atoms with E-state index in [1.54, 1.807) is 0 Å². The van der Waals surface area contributed by atoms with Crippen LogP contribution in [0.5, 0.6) is 0 Å². The lowest BCUT2D eigenvalue weighted by Crippen LogP contribution is -2.70. The molecule has 10 nitrogen and oxygen atoms in total. The highest BCUT2D eigenvalue weighted by Gasteiger charge is 2.54. The lowest BCUT2D eigenvalue weighted by atomic mass is 10.0. The van der Waals surface area contributed by atoms with Gasteiger partial charge < -0.3 is 10.4 Å². The molecule has 1 saturated heterocycles. The zero-order chi connectivity index (χ0) is 22.7. The minimum atomic E-state index is -1.18. The number of nitrogens with one attached hydrogen (secondary N) is 1. The van der Waals surface area contributed by atoms with Gasteiger partial charge >= 0.3 is 5.97 Å². The van der Waals surface area contributed by atoms with E-state index in [2.05, 4.69) is 26.6 Å². The number of carbonyl (C=O) groups excluding carboxylic acids is 2. The number of hydrogen-bond donors (Lipinski definition) is 2. The first-order valence-electron chi connectivity index (χ1n) is 9.55. The second-order valence-electron chi connectivity index (χ2n) is 6.97. The zero-order valence-corrected chi connectivity index (χ0v) is 18.3. The van der Waals surface area contributed by atoms with Gasteiger partial charge in [-0.05, 0) is 16.3 Å². The Bertz CT molecular complexity index is 1130. The summed E-state index contributed by atoms with van der Waals surface area (Å²) in [5.41, 5.74) is 1.37. The molecule has 0 spiro atoms. The van der Waals surface area contributed by atoms with Crippen molar-refractivity contribution in [3.8, 4) is 12.3 Å². The number of amides is 2. The predicted molar refractivity (Wildman–Crippen MR) is 117 cm³/mol. The molecule has 1 aromatic heterocycles. The molecule has 0 aliphatic carbocycles. The van der Waals surface area contributed by atoms with Gasteiger partial charge in [0, 0.05) is 11.5 Å². The highest BCUT2D eigenvalue weighted by atomic mass is 32.2. The lowest BCUT2D eigenvalue weighted by molar-refractivity contribution is -0.150. The van der Waals surface area contributed by atoms with Gasteiger partial charge in [0.1, 0.15) is 23.7 Å². The van der Waals surface area contributed by atoms with Crippen LogP contribution in [0.15, 0.2) is 46.8 Å². The smallest absolute Gasteiger partial charge is 0.352 e. The molecule has 3 heterocycles. The van der Waals surface area contributed by atoms with Gasteiger partial charge in [-0.1, -0.05) is 48.0 Å². The van der Waals surface area contributed by atoms with Crippen molar-refractivity contribution >= 4 is 41.3 Å². The van der Waals surface area contributed by atoms with Crippen LogP contribution in [0.3, 0.4) is 0 Å². The van der Waals surface area contributed by atoms with E-state index in [0.29, 0.717) is 16.5 Å². The molecule has 0 bridgehead atoms. The monoisotopic (exact) mass is 470 g/mol. The van der Waals surface area contributed by atoms with Crippen LogP contribution in [-0.2, 0) is 27.3 Å². The molecule has 12 heteroatoms. The van der Waals surface area contributed by atoms with Crippen molar-refractivity contribution in [2.45, 2.75) is 29.5 Å². The number of aromatic nitrogens is 4. The molecule has 2 amide bonds. The fourth-order valence-electron chi connectivity index (χ4n) is 3.39. The maximum atomic E-state index is 12.7. The molecule has 2 atom stereocenters.